The molecule has 0 aliphatic carbocycles. The Balaban J connectivity index is 1.79. The molecule has 1 fully saturated rings. The molecule has 34 heavy (non-hydrogen) atoms. The minimum absolute atomic E-state index is 0.0141. The highest BCUT2D eigenvalue weighted by atomic mass is 35.5. The first kappa shape index (κ1) is 26.3. The molecular formula is C22H24ClF3N2O5S. The quantitative estimate of drug-likeness (QED) is 0.537. The van der Waals surface area contributed by atoms with E-state index in [4.69, 9.17) is 11.6 Å². The van der Waals surface area contributed by atoms with Gasteiger partial charge in [-0.2, -0.15) is 13.2 Å². The summed E-state index contributed by atoms with van der Waals surface area (Å²) in [5.74, 6) is -1.59. The standard InChI is InChI=1S/C22H24ClF3N2O5S/c1-21(31,22(24,25)26)20(30)27-19-9-8-17(11-18(19)23)34(32,33)16-6-4-15(5-7-16)28-10-2-3-14(12-28)13-29/h4-9,11,14,29,31H,2-3,10,12-13H2,1H3,(H,27,30)/t14?,21-/m1/s1. The summed E-state index contributed by atoms with van der Waals surface area (Å²) in [7, 11) is -4.01. The third-order valence-corrected chi connectivity index (χ3v) is 7.86. The smallest absolute Gasteiger partial charge is 0.396 e. The molecule has 0 aromatic heterocycles. The Morgan fingerprint density at radius 1 is 1.18 bits per heavy atom. The van der Waals surface area contributed by atoms with Crippen LogP contribution < -0.4 is 10.2 Å². The Bertz CT molecular complexity index is 1150. The van der Waals surface area contributed by atoms with Crippen LogP contribution in [0.1, 0.15) is 19.8 Å². The number of carbonyl (C=O) groups is 1. The molecule has 3 rings (SSSR count). The molecule has 3 N–H and O–H groups in total. The number of alkyl halides is 3. The summed E-state index contributed by atoms with van der Waals surface area (Å²) < 4.78 is 64.6. The molecular weight excluding hydrogens is 497 g/mol. The summed E-state index contributed by atoms with van der Waals surface area (Å²) in [6.07, 6.45) is -3.36. The van der Waals surface area contributed by atoms with Gasteiger partial charge in [-0.05, 0) is 68.1 Å². The molecule has 0 spiro atoms. The van der Waals surface area contributed by atoms with Crippen molar-refractivity contribution >= 4 is 38.7 Å². The van der Waals surface area contributed by atoms with Gasteiger partial charge >= 0.3 is 6.18 Å². The zero-order chi connectivity index (χ0) is 25.3. The summed E-state index contributed by atoms with van der Waals surface area (Å²) >= 11 is 6.02. The first-order chi connectivity index (χ1) is 15.8. The van der Waals surface area contributed by atoms with Crippen LogP contribution >= 0.6 is 11.6 Å². The molecule has 1 aliphatic heterocycles. The van der Waals surface area contributed by atoms with Crippen LogP contribution in [-0.4, -0.2) is 56.0 Å². The van der Waals surface area contributed by atoms with Crippen molar-refractivity contribution < 1.29 is 36.6 Å². The highest BCUT2D eigenvalue weighted by Crippen LogP contribution is 2.34. The maximum absolute atomic E-state index is 13.0. The van der Waals surface area contributed by atoms with Gasteiger partial charge in [-0.15, -0.1) is 0 Å². The first-order valence-electron chi connectivity index (χ1n) is 10.4. The predicted molar refractivity (Wildman–Crippen MR) is 121 cm³/mol. The average Bonchev–Trinajstić information content (AvgIpc) is 2.79. The summed E-state index contributed by atoms with van der Waals surface area (Å²) in [4.78, 5) is 13.7. The highest BCUT2D eigenvalue weighted by Gasteiger charge is 2.55. The second kappa shape index (κ2) is 9.73. The number of aliphatic hydroxyl groups is 2. The van der Waals surface area contributed by atoms with E-state index in [-0.39, 0.29) is 33.0 Å². The fraction of sp³-hybridized carbons (Fsp3) is 0.409. The number of benzene rings is 2. The van der Waals surface area contributed by atoms with Crippen molar-refractivity contribution in [1.29, 1.82) is 0 Å². The zero-order valence-corrected chi connectivity index (χ0v) is 19.7. The van der Waals surface area contributed by atoms with Gasteiger partial charge in [0, 0.05) is 25.4 Å². The summed E-state index contributed by atoms with van der Waals surface area (Å²) in [5, 5.41) is 20.4. The fourth-order valence-corrected chi connectivity index (χ4v) is 5.14. The van der Waals surface area contributed by atoms with Gasteiger partial charge in [-0.1, -0.05) is 11.6 Å². The lowest BCUT2D eigenvalue weighted by Gasteiger charge is -2.33. The maximum Gasteiger partial charge on any atom is 0.426 e. The van der Waals surface area contributed by atoms with Crippen LogP contribution in [-0.2, 0) is 14.6 Å². The summed E-state index contributed by atoms with van der Waals surface area (Å²) in [6.45, 7) is 1.86. The van der Waals surface area contributed by atoms with Crippen molar-refractivity contribution in [3.05, 3.63) is 47.5 Å². The SMILES string of the molecule is C[C@@](O)(C(=O)Nc1ccc(S(=O)(=O)c2ccc(N3CCCC(CO)C3)cc2)cc1Cl)C(F)(F)F. The second-order valence-corrected chi connectivity index (χ2v) is 10.7. The zero-order valence-electron chi connectivity index (χ0n) is 18.1. The number of halogens is 4. The van der Waals surface area contributed by atoms with Crippen molar-refractivity contribution in [2.45, 2.75) is 41.3 Å². The summed E-state index contributed by atoms with van der Waals surface area (Å²) in [6, 6.07) is 9.39. The molecule has 1 saturated heterocycles. The van der Waals surface area contributed by atoms with E-state index in [1.54, 1.807) is 12.1 Å². The van der Waals surface area contributed by atoms with Crippen LogP contribution in [0.15, 0.2) is 52.3 Å². The number of hydrogen-bond acceptors (Lipinski definition) is 6. The predicted octanol–water partition coefficient (Wildman–Crippen LogP) is 3.63. The number of nitrogens with zero attached hydrogens (tertiary/aromatic N) is 1. The van der Waals surface area contributed by atoms with E-state index in [1.807, 2.05) is 5.32 Å². The lowest BCUT2D eigenvalue weighted by Crippen LogP contribution is -2.52. The van der Waals surface area contributed by atoms with E-state index in [0.29, 0.717) is 13.5 Å². The average molecular weight is 521 g/mol. The number of rotatable bonds is 6. The number of hydrogen-bond donors (Lipinski definition) is 3. The van der Waals surface area contributed by atoms with Crippen LogP contribution in [0.5, 0.6) is 0 Å². The largest absolute Gasteiger partial charge is 0.426 e. The number of nitrogens with one attached hydrogen (secondary N) is 1. The van der Waals surface area contributed by atoms with Gasteiger partial charge in [0.1, 0.15) is 0 Å². The molecule has 1 aliphatic rings. The minimum Gasteiger partial charge on any atom is -0.396 e. The van der Waals surface area contributed by atoms with Gasteiger partial charge < -0.3 is 20.4 Å². The molecule has 2 aromatic rings. The van der Waals surface area contributed by atoms with Crippen molar-refractivity contribution in [1.82, 2.24) is 0 Å². The van der Waals surface area contributed by atoms with Crippen LogP contribution in [0.3, 0.4) is 0 Å². The molecule has 12 heteroatoms. The normalized spacial score (nSPS) is 18.9. The maximum atomic E-state index is 13.0. The first-order valence-corrected chi connectivity index (χ1v) is 12.2. The van der Waals surface area contributed by atoms with E-state index < -0.39 is 27.5 Å². The monoisotopic (exact) mass is 520 g/mol. The van der Waals surface area contributed by atoms with Crippen molar-refractivity contribution in [3.63, 3.8) is 0 Å². The Morgan fingerprint density at radius 2 is 1.79 bits per heavy atom. The minimum atomic E-state index is -5.22. The highest BCUT2D eigenvalue weighted by molar-refractivity contribution is 7.91. The number of piperidine rings is 1. The number of amides is 1. The van der Waals surface area contributed by atoms with Crippen molar-refractivity contribution in [3.8, 4) is 0 Å². The lowest BCUT2D eigenvalue weighted by atomic mass is 9.98. The molecule has 1 heterocycles. The molecule has 1 unspecified atom stereocenters. The van der Waals surface area contributed by atoms with Crippen LogP contribution in [0.2, 0.25) is 5.02 Å². The Kier molecular flexibility index (Phi) is 7.51. The number of sulfone groups is 1. The molecule has 0 radical (unpaired) electrons. The van der Waals surface area contributed by atoms with Crippen molar-refractivity contribution in [2.75, 3.05) is 29.9 Å². The van der Waals surface area contributed by atoms with E-state index >= 15 is 0 Å². The van der Waals surface area contributed by atoms with Gasteiger partial charge in [0.15, 0.2) is 0 Å². The van der Waals surface area contributed by atoms with Crippen molar-refractivity contribution in [2.24, 2.45) is 5.92 Å². The van der Waals surface area contributed by atoms with Gasteiger partial charge in [-0.3, -0.25) is 4.79 Å². The molecule has 0 bridgehead atoms. The molecule has 186 valence electrons. The second-order valence-electron chi connectivity index (χ2n) is 8.30. The Hall–Kier alpha value is -2.34. The molecule has 0 saturated carbocycles. The third kappa shape index (κ3) is 5.32. The topological polar surface area (TPSA) is 107 Å². The van der Waals surface area contributed by atoms with E-state index in [0.717, 1.165) is 43.3 Å². The van der Waals surface area contributed by atoms with Gasteiger partial charge in [0.2, 0.25) is 15.4 Å². The van der Waals surface area contributed by atoms with E-state index in [2.05, 4.69) is 4.90 Å². The Labute approximate surface area is 200 Å². The van der Waals surface area contributed by atoms with Gasteiger partial charge in [0.25, 0.3) is 5.91 Å². The van der Waals surface area contributed by atoms with E-state index in [1.165, 1.54) is 12.1 Å². The molecule has 2 atom stereocenters. The van der Waals surface area contributed by atoms with E-state index in [9.17, 15) is 36.6 Å². The van der Waals surface area contributed by atoms with Gasteiger partial charge in [-0.25, -0.2) is 8.42 Å². The fourth-order valence-electron chi connectivity index (χ4n) is 3.56. The molecule has 1 amide bonds. The number of carbonyl (C=O) groups excluding carboxylic acids is 1. The Morgan fingerprint density at radius 3 is 2.35 bits per heavy atom. The number of aliphatic hydroxyl groups excluding tert-OH is 1. The third-order valence-electron chi connectivity index (χ3n) is 5.78. The molecule has 2 aromatic carbocycles. The van der Waals surface area contributed by atoms with Crippen LogP contribution in [0, 0.1) is 5.92 Å². The van der Waals surface area contributed by atoms with Crippen LogP contribution in [0.25, 0.3) is 0 Å². The van der Waals surface area contributed by atoms with Crippen LogP contribution in [0.4, 0.5) is 24.5 Å². The van der Waals surface area contributed by atoms with Gasteiger partial charge in [0.05, 0.1) is 20.5 Å². The lowest BCUT2D eigenvalue weighted by molar-refractivity contribution is -0.242. The number of anilines is 2. The summed E-state index contributed by atoms with van der Waals surface area (Å²) in [5.41, 5.74) is -3.12. The molecule has 7 nitrogen and oxygen atoms in total.